The number of hydrogen-bond donors (Lipinski definition) is 1. The summed E-state index contributed by atoms with van der Waals surface area (Å²) in [6, 6.07) is 6.40. The van der Waals surface area contributed by atoms with E-state index in [9.17, 15) is 8.60 Å². The average molecular weight is 285 g/mol. The lowest BCUT2D eigenvalue weighted by molar-refractivity contribution is 0.179. The van der Waals surface area contributed by atoms with Gasteiger partial charge in [-0.2, -0.15) is 0 Å². The first kappa shape index (κ1) is 14.6. The molecule has 0 bridgehead atoms. The van der Waals surface area contributed by atoms with Crippen molar-refractivity contribution in [3.63, 3.8) is 0 Å². The van der Waals surface area contributed by atoms with Gasteiger partial charge in [-0.15, -0.1) is 0 Å². The largest absolute Gasteiger partial charge is 0.381 e. The minimum absolute atomic E-state index is 0.118. The van der Waals surface area contributed by atoms with Gasteiger partial charge >= 0.3 is 0 Å². The monoisotopic (exact) mass is 285 g/mol. The Morgan fingerprint density at radius 1 is 1.53 bits per heavy atom. The van der Waals surface area contributed by atoms with Gasteiger partial charge in [0, 0.05) is 24.3 Å². The van der Waals surface area contributed by atoms with Crippen molar-refractivity contribution in [2.45, 2.75) is 24.3 Å². The number of halogens is 1. The molecule has 1 aromatic carbocycles. The second kappa shape index (κ2) is 7.12. The minimum Gasteiger partial charge on any atom is -0.381 e. The molecule has 0 saturated carbocycles. The maximum atomic E-state index is 13.6. The minimum atomic E-state index is -1.32. The van der Waals surface area contributed by atoms with Crippen molar-refractivity contribution in [2.75, 3.05) is 25.5 Å². The molecule has 1 aliphatic rings. The Balaban J connectivity index is 2.04. The maximum Gasteiger partial charge on any atom is 0.139 e. The zero-order valence-electron chi connectivity index (χ0n) is 11.1. The highest BCUT2D eigenvalue weighted by atomic mass is 32.2. The highest BCUT2D eigenvalue weighted by Gasteiger charge is 2.27. The fourth-order valence-corrected chi connectivity index (χ4v) is 3.79. The summed E-state index contributed by atoms with van der Waals surface area (Å²) < 4.78 is 31.3. The zero-order chi connectivity index (χ0) is 13.7. The molecule has 5 heteroatoms. The van der Waals surface area contributed by atoms with E-state index in [1.165, 1.54) is 6.07 Å². The number of hydrogen-bond acceptors (Lipinski definition) is 3. The molecule has 0 aromatic heterocycles. The topological polar surface area (TPSA) is 38.3 Å². The number of rotatable bonds is 6. The van der Waals surface area contributed by atoms with Gasteiger partial charge in [0.1, 0.15) is 5.82 Å². The Morgan fingerprint density at radius 3 is 2.95 bits per heavy atom. The maximum absolute atomic E-state index is 13.6. The van der Waals surface area contributed by atoms with Crippen LogP contribution in [-0.4, -0.2) is 35.8 Å². The van der Waals surface area contributed by atoms with E-state index in [-0.39, 0.29) is 6.04 Å². The number of ether oxygens (including phenoxy) is 1. The summed E-state index contributed by atoms with van der Waals surface area (Å²) in [6.45, 7) is 4.30. The molecule has 1 heterocycles. The van der Waals surface area contributed by atoms with Crippen LogP contribution in [0.3, 0.4) is 0 Å². The first-order valence-electron chi connectivity index (χ1n) is 6.66. The van der Waals surface area contributed by atoms with Crippen molar-refractivity contribution in [3.8, 4) is 0 Å². The SMILES string of the molecule is CCNC(CS(=O)c1ccccc1F)C1CCOC1. The molecular weight excluding hydrogens is 265 g/mol. The Morgan fingerprint density at radius 2 is 2.32 bits per heavy atom. The summed E-state index contributed by atoms with van der Waals surface area (Å²) in [4.78, 5) is 0.296. The molecule has 3 unspecified atom stereocenters. The fraction of sp³-hybridized carbons (Fsp3) is 0.571. The van der Waals surface area contributed by atoms with Crippen LogP contribution in [0.2, 0.25) is 0 Å². The molecular formula is C14H20FNO2S. The molecule has 106 valence electrons. The normalized spacial score (nSPS) is 22.3. The lowest BCUT2D eigenvalue weighted by Gasteiger charge is -2.22. The summed E-state index contributed by atoms with van der Waals surface area (Å²) in [5, 5.41) is 3.35. The summed E-state index contributed by atoms with van der Waals surface area (Å²) in [7, 11) is -1.32. The Bertz CT molecular complexity index is 435. The van der Waals surface area contributed by atoms with Crippen molar-refractivity contribution >= 4 is 10.8 Å². The Kier molecular flexibility index (Phi) is 5.48. The predicted molar refractivity (Wildman–Crippen MR) is 74.1 cm³/mol. The summed E-state index contributed by atoms with van der Waals surface area (Å²) in [6.07, 6.45) is 0.978. The zero-order valence-corrected chi connectivity index (χ0v) is 11.9. The highest BCUT2D eigenvalue weighted by molar-refractivity contribution is 7.85. The van der Waals surface area contributed by atoms with E-state index in [0.29, 0.717) is 23.2 Å². The number of benzene rings is 1. The van der Waals surface area contributed by atoms with Gasteiger partial charge in [0.05, 0.1) is 22.3 Å². The molecule has 0 aliphatic carbocycles. The van der Waals surface area contributed by atoms with Crippen LogP contribution in [-0.2, 0) is 15.5 Å². The quantitative estimate of drug-likeness (QED) is 0.868. The van der Waals surface area contributed by atoms with Crippen LogP contribution in [0, 0.1) is 11.7 Å². The van der Waals surface area contributed by atoms with Crippen LogP contribution in [0.25, 0.3) is 0 Å². The van der Waals surface area contributed by atoms with E-state index in [2.05, 4.69) is 5.32 Å². The van der Waals surface area contributed by atoms with Gasteiger partial charge in [-0.1, -0.05) is 19.1 Å². The van der Waals surface area contributed by atoms with Gasteiger partial charge in [0.2, 0.25) is 0 Å². The lowest BCUT2D eigenvalue weighted by Crippen LogP contribution is -2.40. The molecule has 3 atom stereocenters. The predicted octanol–water partition coefficient (Wildman–Crippen LogP) is 1.95. The summed E-state index contributed by atoms with van der Waals surface area (Å²) >= 11 is 0. The highest BCUT2D eigenvalue weighted by Crippen LogP contribution is 2.20. The smallest absolute Gasteiger partial charge is 0.139 e. The summed E-state index contributed by atoms with van der Waals surface area (Å²) in [5.41, 5.74) is 0. The standard InChI is InChI=1S/C14H20FNO2S/c1-2-16-13(11-7-8-18-9-11)10-19(17)14-6-4-3-5-12(14)15/h3-6,11,13,16H,2,7-10H2,1H3. The first-order chi connectivity index (χ1) is 9.22. The van der Waals surface area contributed by atoms with E-state index >= 15 is 0 Å². The van der Waals surface area contributed by atoms with Crippen LogP contribution in [0.15, 0.2) is 29.2 Å². The molecule has 0 amide bonds. The average Bonchev–Trinajstić information content (AvgIpc) is 2.92. The van der Waals surface area contributed by atoms with Gasteiger partial charge in [-0.05, 0) is 25.1 Å². The van der Waals surface area contributed by atoms with Crippen LogP contribution >= 0.6 is 0 Å². The van der Waals surface area contributed by atoms with Crippen LogP contribution in [0.4, 0.5) is 4.39 Å². The van der Waals surface area contributed by atoms with E-state index in [1.807, 2.05) is 6.92 Å². The Labute approximate surface area is 116 Å². The molecule has 0 spiro atoms. The van der Waals surface area contributed by atoms with Crippen molar-refractivity contribution in [3.05, 3.63) is 30.1 Å². The summed E-state index contributed by atoms with van der Waals surface area (Å²) in [5.74, 6) is 0.414. The van der Waals surface area contributed by atoms with Crippen LogP contribution in [0.5, 0.6) is 0 Å². The van der Waals surface area contributed by atoms with Crippen LogP contribution < -0.4 is 5.32 Å². The van der Waals surface area contributed by atoms with Crippen molar-refractivity contribution < 1.29 is 13.3 Å². The molecule has 2 rings (SSSR count). The van der Waals surface area contributed by atoms with Crippen molar-refractivity contribution in [1.29, 1.82) is 0 Å². The molecule has 1 aliphatic heterocycles. The lowest BCUT2D eigenvalue weighted by atomic mass is 10.0. The van der Waals surface area contributed by atoms with Crippen LogP contribution in [0.1, 0.15) is 13.3 Å². The third-order valence-corrected chi connectivity index (χ3v) is 4.90. The third-order valence-electron chi connectivity index (χ3n) is 3.41. The van der Waals surface area contributed by atoms with E-state index in [4.69, 9.17) is 4.74 Å². The molecule has 1 saturated heterocycles. The third kappa shape index (κ3) is 3.84. The fourth-order valence-electron chi connectivity index (χ4n) is 2.38. The molecule has 0 radical (unpaired) electrons. The van der Waals surface area contributed by atoms with Gasteiger partial charge < -0.3 is 10.1 Å². The molecule has 1 N–H and O–H groups in total. The Hall–Kier alpha value is -0.780. The molecule has 1 aromatic rings. The van der Waals surface area contributed by atoms with Crippen molar-refractivity contribution in [2.24, 2.45) is 5.92 Å². The van der Waals surface area contributed by atoms with Gasteiger partial charge in [0.25, 0.3) is 0 Å². The van der Waals surface area contributed by atoms with E-state index in [1.54, 1.807) is 18.2 Å². The van der Waals surface area contributed by atoms with Gasteiger partial charge in [-0.25, -0.2) is 4.39 Å². The molecule has 1 fully saturated rings. The van der Waals surface area contributed by atoms with Gasteiger partial charge in [-0.3, -0.25) is 4.21 Å². The molecule has 19 heavy (non-hydrogen) atoms. The van der Waals surface area contributed by atoms with E-state index < -0.39 is 16.6 Å². The second-order valence-electron chi connectivity index (χ2n) is 4.73. The van der Waals surface area contributed by atoms with Gasteiger partial charge in [0.15, 0.2) is 0 Å². The van der Waals surface area contributed by atoms with Crippen molar-refractivity contribution in [1.82, 2.24) is 5.32 Å². The van der Waals surface area contributed by atoms with E-state index in [0.717, 1.165) is 19.6 Å². The number of nitrogens with one attached hydrogen (secondary N) is 1. The first-order valence-corrected chi connectivity index (χ1v) is 7.98. The molecule has 3 nitrogen and oxygen atoms in total. The second-order valence-corrected chi connectivity index (χ2v) is 6.19.